The maximum atomic E-state index is 12.8. The number of hydrogen-bond acceptors (Lipinski definition) is 3. The number of benzene rings is 1. The van der Waals surface area contributed by atoms with Gasteiger partial charge in [-0.15, -0.1) is 12.4 Å². The Morgan fingerprint density at radius 1 is 1.39 bits per heavy atom. The lowest BCUT2D eigenvalue weighted by Crippen LogP contribution is -2.44. The van der Waals surface area contributed by atoms with Gasteiger partial charge in [-0.05, 0) is 49.4 Å². The van der Waals surface area contributed by atoms with Gasteiger partial charge in [-0.25, -0.2) is 0 Å². The van der Waals surface area contributed by atoms with Gasteiger partial charge in [-0.3, -0.25) is 4.79 Å². The molecule has 0 bridgehead atoms. The standard InChI is InChI=1S/C16H20Cl2N2O2.ClH/c1-9-15-10(6-11(17)7-13(15)18)4-5-20(9)16(21)14-3-2-12(8-19)22-14;/h6-7,9,12,14H,2-5,8,19H2,1H3;1H/t9?,12-,14+;/m1./s1. The number of hydrogen-bond donors (Lipinski definition) is 1. The van der Waals surface area contributed by atoms with Crippen molar-refractivity contribution in [3.8, 4) is 0 Å². The molecule has 2 aliphatic rings. The Morgan fingerprint density at radius 2 is 2.13 bits per heavy atom. The topological polar surface area (TPSA) is 55.6 Å². The number of halogens is 3. The van der Waals surface area contributed by atoms with E-state index < -0.39 is 0 Å². The van der Waals surface area contributed by atoms with Crippen LogP contribution in [0.25, 0.3) is 0 Å². The van der Waals surface area contributed by atoms with E-state index in [1.54, 1.807) is 6.07 Å². The van der Waals surface area contributed by atoms with Gasteiger partial charge in [-0.1, -0.05) is 23.2 Å². The van der Waals surface area contributed by atoms with Crippen LogP contribution in [0.5, 0.6) is 0 Å². The van der Waals surface area contributed by atoms with Gasteiger partial charge < -0.3 is 15.4 Å². The van der Waals surface area contributed by atoms with Crippen LogP contribution < -0.4 is 5.73 Å². The lowest BCUT2D eigenvalue weighted by atomic mass is 9.93. The predicted octanol–water partition coefficient (Wildman–Crippen LogP) is 3.37. The minimum Gasteiger partial charge on any atom is -0.364 e. The van der Waals surface area contributed by atoms with Crippen LogP contribution in [0.4, 0.5) is 0 Å². The quantitative estimate of drug-likeness (QED) is 0.857. The van der Waals surface area contributed by atoms with E-state index in [1.807, 2.05) is 17.9 Å². The molecule has 1 fully saturated rings. The molecule has 1 amide bonds. The summed E-state index contributed by atoms with van der Waals surface area (Å²) in [5, 5.41) is 1.26. The van der Waals surface area contributed by atoms with Gasteiger partial charge in [0.2, 0.25) is 0 Å². The molecule has 0 spiro atoms. The van der Waals surface area contributed by atoms with Crippen molar-refractivity contribution in [1.82, 2.24) is 4.90 Å². The lowest BCUT2D eigenvalue weighted by molar-refractivity contribution is -0.145. The van der Waals surface area contributed by atoms with Gasteiger partial charge in [0.25, 0.3) is 5.91 Å². The normalized spacial score (nSPS) is 26.6. The second-order valence-corrected chi connectivity index (χ2v) is 6.82. The van der Waals surface area contributed by atoms with Crippen molar-refractivity contribution < 1.29 is 9.53 Å². The molecule has 4 nitrogen and oxygen atoms in total. The van der Waals surface area contributed by atoms with Crippen LogP contribution in [0.3, 0.4) is 0 Å². The molecule has 0 saturated carbocycles. The Kier molecular flexibility index (Phi) is 6.20. The largest absolute Gasteiger partial charge is 0.364 e. The van der Waals surface area contributed by atoms with Crippen LogP contribution in [0.15, 0.2) is 12.1 Å². The summed E-state index contributed by atoms with van der Waals surface area (Å²) in [6, 6.07) is 3.61. The monoisotopic (exact) mass is 378 g/mol. The van der Waals surface area contributed by atoms with Gasteiger partial charge in [0.1, 0.15) is 6.10 Å². The third-order valence-corrected chi connectivity index (χ3v) is 5.15. The third kappa shape index (κ3) is 3.62. The van der Waals surface area contributed by atoms with E-state index in [0.717, 1.165) is 30.4 Å². The second kappa shape index (κ2) is 7.58. The lowest BCUT2D eigenvalue weighted by Gasteiger charge is -2.37. The molecule has 2 heterocycles. The highest BCUT2D eigenvalue weighted by Gasteiger charge is 2.37. The fourth-order valence-corrected chi connectivity index (χ4v) is 4.14. The van der Waals surface area contributed by atoms with Crippen LogP contribution in [0.2, 0.25) is 10.0 Å². The average Bonchev–Trinajstić information content (AvgIpc) is 2.95. The Morgan fingerprint density at radius 3 is 2.78 bits per heavy atom. The molecule has 128 valence electrons. The van der Waals surface area contributed by atoms with Crippen molar-refractivity contribution in [2.75, 3.05) is 13.1 Å². The Balaban J connectivity index is 0.00000192. The van der Waals surface area contributed by atoms with Gasteiger partial charge >= 0.3 is 0 Å². The molecule has 2 N–H and O–H groups in total. The van der Waals surface area contributed by atoms with Gasteiger partial charge in [-0.2, -0.15) is 0 Å². The first-order chi connectivity index (χ1) is 10.5. The summed E-state index contributed by atoms with van der Waals surface area (Å²) in [5.41, 5.74) is 7.74. The highest BCUT2D eigenvalue weighted by molar-refractivity contribution is 6.35. The van der Waals surface area contributed by atoms with Crippen molar-refractivity contribution in [1.29, 1.82) is 0 Å². The summed E-state index contributed by atoms with van der Waals surface area (Å²) in [6.45, 7) is 3.13. The first kappa shape index (κ1) is 18.8. The smallest absolute Gasteiger partial charge is 0.252 e. The van der Waals surface area contributed by atoms with Gasteiger partial charge in [0, 0.05) is 23.1 Å². The highest BCUT2D eigenvalue weighted by atomic mass is 35.5. The van der Waals surface area contributed by atoms with Crippen molar-refractivity contribution >= 4 is 41.5 Å². The van der Waals surface area contributed by atoms with Crippen LogP contribution >= 0.6 is 35.6 Å². The number of nitrogens with two attached hydrogens (primary N) is 1. The second-order valence-electron chi connectivity index (χ2n) is 5.98. The van der Waals surface area contributed by atoms with Gasteiger partial charge in [0.15, 0.2) is 0 Å². The molecule has 0 aliphatic carbocycles. The van der Waals surface area contributed by atoms with Crippen molar-refractivity contribution in [3.63, 3.8) is 0 Å². The minimum atomic E-state index is -0.372. The summed E-state index contributed by atoms with van der Waals surface area (Å²) in [5.74, 6) is 0.0418. The molecule has 7 heteroatoms. The summed E-state index contributed by atoms with van der Waals surface area (Å²) in [6.07, 6.45) is 1.98. The Bertz CT molecular complexity index is 597. The summed E-state index contributed by atoms with van der Waals surface area (Å²) >= 11 is 12.4. The van der Waals surface area contributed by atoms with E-state index in [4.69, 9.17) is 33.7 Å². The SMILES string of the molecule is CC1c2c(Cl)cc(Cl)cc2CCN1C(=O)[C@@H]1CC[C@H](CN)O1.Cl. The Hall–Kier alpha value is -0.520. The summed E-state index contributed by atoms with van der Waals surface area (Å²) in [4.78, 5) is 14.6. The molecule has 1 saturated heterocycles. The van der Waals surface area contributed by atoms with Crippen LogP contribution in [0.1, 0.15) is 36.9 Å². The number of carbonyl (C=O) groups excluding carboxylic acids is 1. The number of ether oxygens (including phenoxy) is 1. The molecular weight excluding hydrogens is 359 g/mol. The zero-order chi connectivity index (χ0) is 15.9. The molecule has 1 aromatic carbocycles. The average molecular weight is 380 g/mol. The van der Waals surface area contributed by atoms with Crippen molar-refractivity contribution in [3.05, 3.63) is 33.3 Å². The van der Waals surface area contributed by atoms with Crippen LogP contribution in [-0.4, -0.2) is 36.1 Å². The molecule has 1 aromatic rings. The molecular formula is C16H21Cl3N2O2. The fourth-order valence-electron chi connectivity index (χ4n) is 3.45. The Labute approximate surface area is 152 Å². The third-order valence-electron chi connectivity index (χ3n) is 4.62. The van der Waals surface area contributed by atoms with E-state index in [9.17, 15) is 4.79 Å². The van der Waals surface area contributed by atoms with Crippen molar-refractivity contribution in [2.45, 2.75) is 44.4 Å². The molecule has 23 heavy (non-hydrogen) atoms. The van der Waals surface area contributed by atoms with E-state index >= 15 is 0 Å². The van der Waals surface area contributed by atoms with E-state index in [2.05, 4.69) is 0 Å². The minimum absolute atomic E-state index is 0. The molecule has 1 unspecified atom stereocenters. The van der Waals surface area contributed by atoms with Gasteiger partial charge in [0.05, 0.1) is 12.1 Å². The molecule has 3 atom stereocenters. The zero-order valence-corrected chi connectivity index (χ0v) is 15.3. The first-order valence-corrected chi connectivity index (χ1v) is 8.40. The van der Waals surface area contributed by atoms with E-state index in [-0.39, 0.29) is 36.6 Å². The van der Waals surface area contributed by atoms with Crippen LogP contribution in [0, 0.1) is 0 Å². The maximum Gasteiger partial charge on any atom is 0.252 e. The summed E-state index contributed by atoms with van der Waals surface area (Å²) < 4.78 is 5.74. The molecule has 2 aliphatic heterocycles. The first-order valence-electron chi connectivity index (χ1n) is 7.65. The number of carbonyl (C=O) groups is 1. The predicted molar refractivity (Wildman–Crippen MR) is 94.5 cm³/mol. The fraction of sp³-hybridized carbons (Fsp3) is 0.562. The highest BCUT2D eigenvalue weighted by Crippen LogP contribution is 2.37. The maximum absolute atomic E-state index is 12.8. The van der Waals surface area contributed by atoms with E-state index in [1.165, 1.54) is 0 Å². The number of fused-ring (bicyclic) bond motifs is 1. The number of amides is 1. The molecule has 0 aromatic heterocycles. The number of rotatable bonds is 2. The zero-order valence-electron chi connectivity index (χ0n) is 12.9. The summed E-state index contributed by atoms with van der Waals surface area (Å²) in [7, 11) is 0. The van der Waals surface area contributed by atoms with Crippen LogP contribution in [-0.2, 0) is 16.0 Å². The van der Waals surface area contributed by atoms with E-state index in [0.29, 0.717) is 23.1 Å². The molecule has 0 radical (unpaired) electrons. The van der Waals surface area contributed by atoms with Crippen molar-refractivity contribution in [2.24, 2.45) is 5.73 Å². The molecule has 3 rings (SSSR count). The number of nitrogens with zero attached hydrogens (tertiary/aromatic N) is 1.